The number of hydrogen-bond donors (Lipinski definition) is 2. The highest BCUT2D eigenvalue weighted by Gasteiger charge is 2.37. The largest absolute Gasteiger partial charge is 0.370 e. The van der Waals surface area contributed by atoms with Crippen LogP contribution in [0, 0.1) is 5.92 Å². The molecule has 0 aromatic heterocycles. The van der Waals surface area contributed by atoms with E-state index < -0.39 is 0 Å². The number of hydrogen-bond acceptors (Lipinski definition) is 2. The molecule has 0 aromatic carbocycles. The molecule has 2 fully saturated rings. The molecule has 2 heterocycles. The molecule has 4 heteroatoms. The van der Waals surface area contributed by atoms with E-state index in [0.29, 0.717) is 5.96 Å². The van der Waals surface area contributed by atoms with Crippen molar-refractivity contribution in [1.82, 2.24) is 10.2 Å². The Kier molecular flexibility index (Phi) is 4.26. The van der Waals surface area contributed by atoms with Gasteiger partial charge in [0.15, 0.2) is 5.96 Å². The third-order valence-electron chi connectivity index (χ3n) is 4.27. The van der Waals surface area contributed by atoms with E-state index in [1.807, 2.05) is 0 Å². The van der Waals surface area contributed by atoms with Crippen molar-refractivity contribution in [3.05, 3.63) is 0 Å². The Bertz CT molecular complexity index is 263. The minimum atomic E-state index is 0.623. The average molecular weight is 238 g/mol. The summed E-state index contributed by atoms with van der Waals surface area (Å²) in [6.45, 7) is 3.96. The molecule has 4 nitrogen and oxygen atoms in total. The lowest BCUT2D eigenvalue weighted by molar-refractivity contribution is 0.137. The summed E-state index contributed by atoms with van der Waals surface area (Å²) < 4.78 is 0. The lowest BCUT2D eigenvalue weighted by Crippen LogP contribution is -2.41. The van der Waals surface area contributed by atoms with Crippen LogP contribution in [0.25, 0.3) is 0 Å². The van der Waals surface area contributed by atoms with E-state index in [0.717, 1.165) is 37.5 Å². The SMILES string of the molecule is CCCNC(N)=NCC1CC2CCC(C1)N2C. The maximum Gasteiger partial charge on any atom is 0.188 e. The minimum Gasteiger partial charge on any atom is -0.370 e. The Balaban J connectivity index is 1.77. The first-order valence-corrected chi connectivity index (χ1v) is 6.96. The Morgan fingerprint density at radius 1 is 1.35 bits per heavy atom. The van der Waals surface area contributed by atoms with E-state index in [4.69, 9.17) is 5.73 Å². The van der Waals surface area contributed by atoms with Crippen LogP contribution in [0.3, 0.4) is 0 Å². The lowest BCUT2D eigenvalue weighted by atomic mass is 9.91. The van der Waals surface area contributed by atoms with Crippen molar-refractivity contribution in [3.8, 4) is 0 Å². The smallest absolute Gasteiger partial charge is 0.188 e. The van der Waals surface area contributed by atoms with Crippen LogP contribution < -0.4 is 11.1 Å². The number of aliphatic imine (C=N–C) groups is 1. The van der Waals surface area contributed by atoms with Crippen LogP contribution in [-0.2, 0) is 0 Å². The molecule has 0 aliphatic carbocycles. The molecule has 0 aromatic rings. The summed E-state index contributed by atoms with van der Waals surface area (Å²) in [6.07, 6.45) is 6.46. The number of guanidine groups is 1. The highest BCUT2D eigenvalue weighted by molar-refractivity contribution is 5.77. The van der Waals surface area contributed by atoms with Crippen LogP contribution in [0.5, 0.6) is 0 Å². The first-order chi connectivity index (χ1) is 8.20. The zero-order chi connectivity index (χ0) is 12.3. The number of nitrogens with one attached hydrogen (secondary N) is 1. The molecule has 17 heavy (non-hydrogen) atoms. The van der Waals surface area contributed by atoms with Gasteiger partial charge in [-0.15, -0.1) is 0 Å². The molecule has 2 unspecified atom stereocenters. The summed E-state index contributed by atoms with van der Waals surface area (Å²) in [5.74, 6) is 1.36. The molecule has 2 bridgehead atoms. The Labute approximate surface area is 105 Å². The lowest BCUT2D eigenvalue weighted by Gasteiger charge is -2.35. The standard InChI is InChI=1S/C13H26N4/c1-3-6-15-13(14)16-9-10-7-11-4-5-12(8-10)17(11)2/h10-12H,3-9H2,1-2H3,(H3,14,15,16). The third-order valence-corrected chi connectivity index (χ3v) is 4.27. The van der Waals surface area contributed by atoms with E-state index >= 15 is 0 Å². The Hall–Kier alpha value is -0.770. The number of piperidine rings is 1. The van der Waals surface area contributed by atoms with Crippen LogP contribution in [0.4, 0.5) is 0 Å². The molecular weight excluding hydrogens is 212 g/mol. The van der Waals surface area contributed by atoms with Crippen LogP contribution >= 0.6 is 0 Å². The van der Waals surface area contributed by atoms with Gasteiger partial charge in [-0.05, 0) is 45.1 Å². The molecule has 0 saturated carbocycles. The minimum absolute atomic E-state index is 0.623. The van der Waals surface area contributed by atoms with Crippen molar-refractivity contribution < 1.29 is 0 Å². The van der Waals surface area contributed by atoms with Gasteiger partial charge in [0.2, 0.25) is 0 Å². The second-order valence-corrected chi connectivity index (χ2v) is 5.54. The maximum absolute atomic E-state index is 5.82. The molecule has 98 valence electrons. The van der Waals surface area contributed by atoms with Gasteiger partial charge in [-0.25, -0.2) is 0 Å². The number of fused-ring (bicyclic) bond motifs is 2. The monoisotopic (exact) mass is 238 g/mol. The van der Waals surface area contributed by atoms with Gasteiger partial charge in [-0.3, -0.25) is 4.99 Å². The van der Waals surface area contributed by atoms with Gasteiger partial charge >= 0.3 is 0 Å². The molecule has 0 spiro atoms. The van der Waals surface area contributed by atoms with Gasteiger partial charge in [0.25, 0.3) is 0 Å². The zero-order valence-corrected chi connectivity index (χ0v) is 11.2. The number of nitrogens with zero attached hydrogens (tertiary/aromatic N) is 2. The average Bonchev–Trinajstić information content (AvgIpc) is 2.57. The van der Waals surface area contributed by atoms with Crippen molar-refractivity contribution in [1.29, 1.82) is 0 Å². The third kappa shape index (κ3) is 3.12. The van der Waals surface area contributed by atoms with Crippen LogP contribution in [0.15, 0.2) is 4.99 Å². The predicted octanol–water partition coefficient (Wildman–Crippen LogP) is 1.17. The van der Waals surface area contributed by atoms with Gasteiger partial charge in [0.1, 0.15) is 0 Å². The number of nitrogens with two attached hydrogens (primary N) is 1. The highest BCUT2D eigenvalue weighted by Crippen LogP contribution is 2.37. The molecule has 2 atom stereocenters. The van der Waals surface area contributed by atoms with Crippen molar-refractivity contribution >= 4 is 5.96 Å². The van der Waals surface area contributed by atoms with Crippen LogP contribution in [0.2, 0.25) is 0 Å². The van der Waals surface area contributed by atoms with Gasteiger partial charge in [-0.1, -0.05) is 6.92 Å². The fraction of sp³-hybridized carbons (Fsp3) is 0.923. The molecule has 2 aliphatic heterocycles. The van der Waals surface area contributed by atoms with E-state index in [-0.39, 0.29) is 0 Å². The van der Waals surface area contributed by atoms with E-state index in [1.165, 1.54) is 25.7 Å². The summed E-state index contributed by atoms with van der Waals surface area (Å²) in [5, 5.41) is 3.14. The summed E-state index contributed by atoms with van der Waals surface area (Å²) in [7, 11) is 2.28. The van der Waals surface area contributed by atoms with Gasteiger partial charge in [0, 0.05) is 25.2 Å². The zero-order valence-electron chi connectivity index (χ0n) is 11.2. The molecule has 2 saturated heterocycles. The molecule has 0 radical (unpaired) electrons. The number of rotatable bonds is 4. The maximum atomic E-state index is 5.82. The Morgan fingerprint density at radius 3 is 2.59 bits per heavy atom. The molecule has 0 amide bonds. The van der Waals surface area contributed by atoms with Crippen molar-refractivity contribution in [2.45, 2.75) is 51.1 Å². The summed E-state index contributed by atoms with van der Waals surface area (Å²) in [5.41, 5.74) is 5.82. The van der Waals surface area contributed by atoms with Crippen LogP contribution in [0.1, 0.15) is 39.0 Å². The topological polar surface area (TPSA) is 53.6 Å². The van der Waals surface area contributed by atoms with Gasteiger partial charge in [-0.2, -0.15) is 0 Å². The van der Waals surface area contributed by atoms with E-state index in [1.54, 1.807) is 0 Å². The van der Waals surface area contributed by atoms with Crippen molar-refractivity contribution in [2.75, 3.05) is 20.1 Å². The first kappa shape index (κ1) is 12.7. The molecule has 2 aliphatic rings. The fourth-order valence-electron chi connectivity index (χ4n) is 3.21. The second-order valence-electron chi connectivity index (χ2n) is 5.54. The summed E-state index contributed by atoms with van der Waals surface area (Å²) in [6, 6.07) is 1.61. The molecule has 2 rings (SSSR count). The van der Waals surface area contributed by atoms with Crippen molar-refractivity contribution in [3.63, 3.8) is 0 Å². The Morgan fingerprint density at radius 2 is 2.00 bits per heavy atom. The summed E-state index contributed by atoms with van der Waals surface area (Å²) in [4.78, 5) is 7.04. The fourth-order valence-corrected chi connectivity index (χ4v) is 3.21. The highest BCUT2D eigenvalue weighted by atomic mass is 15.2. The van der Waals surface area contributed by atoms with Gasteiger partial charge in [0.05, 0.1) is 0 Å². The van der Waals surface area contributed by atoms with Crippen molar-refractivity contribution in [2.24, 2.45) is 16.6 Å². The van der Waals surface area contributed by atoms with Gasteiger partial charge < -0.3 is 16.0 Å². The quantitative estimate of drug-likeness (QED) is 0.571. The molecular formula is C13H26N4. The normalized spacial score (nSPS) is 34.0. The van der Waals surface area contributed by atoms with E-state index in [2.05, 4.69) is 29.2 Å². The van der Waals surface area contributed by atoms with E-state index in [9.17, 15) is 0 Å². The summed E-state index contributed by atoms with van der Waals surface area (Å²) >= 11 is 0. The second kappa shape index (κ2) is 5.71. The first-order valence-electron chi connectivity index (χ1n) is 6.96. The van der Waals surface area contributed by atoms with Crippen LogP contribution in [-0.4, -0.2) is 43.1 Å². The predicted molar refractivity (Wildman–Crippen MR) is 72.1 cm³/mol. The molecule has 3 N–H and O–H groups in total.